The predicted molar refractivity (Wildman–Crippen MR) is 75.0 cm³/mol. The number of rotatable bonds is 4. The molecule has 1 aromatic carbocycles. The number of thioether (sulfide) groups is 1. The first kappa shape index (κ1) is 13.9. The van der Waals surface area contributed by atoms with Crippen molar-refractivity contribution >= 4 is 33.4 Å². The fourth-order valence-corrected chi connectivity index (χ4v) is 2.31. The number of hydrogen-bond donors (Lipinski definition) is 1. The molecular formula is C12H18BrNOS. The molecule has 1 aromatic rings. The van der Waals surface area contributed by atoms with Crippen molar-refractivity contribution in [2.45, 2.75) is 31.3 Å². The van der Waals surface area contributed by atoms with Crippen LogP contribution >= 0.6 is 27.7 Å². The van der Waals surface area contributed by atoms with E-state index in [2.05, 4.69) is 36.7 Å². The van der Waals surface area contributed by atoms with Gasteiger partial charge in [0, 0.05) is 20.8 Å². The average Bonchev–Trinajstić information content (AvgIpc) is 2.13. The van der Waals surface area contributed by atoms with Crippen LogP contribution in [0.3, 0.4) is 0 Å². The van der Waals surface area contributed by atoms with E-state index in [0.29, 0.717) is 0 Å². The van der Waals surface area contributed by atoms with Gasteiger partial charge >= 0.3 is 0 Å². The minimum Gasteiger partial charge on any atom is -0.398 e. The number of anilines is 1. The second kappa shape index (κ2) is 5.94. The summed E-state index contributed by atoms with van der Waals surface area (Å²) in [6, 6.07) is 5.96. The van der Waals surface area contributed by atoms with Crippen molar-refractivity contribution in [1.29, 1.82) is 0 Å². The number of ether oxygens (including phenoxy) is 1. The molecule has 0 amide bonds. The van der Waals surface area contributed by atoms with Gasteiger partial charge < -0.3 is 10.5 Å². The molecule has 0 fully saturated rings. The summed E-state index contributed by atoms with van der Waals surface area (Å²) in [4.78, 5) is 1.11. The zero-order chi connectivity index (χ0) is 12.2. The molecule has 0 bridgehead atoms. The Kier molecular flexibility index (Phi) is 5.15. The van der Waals surface area contributed by atoms with Gasteiger partial charge in [-0.1, -0.05) is 15.9 Å². The van der Waals surface area contributed by atoms with Crippen LogP contribution in [0, 0.1) is 0 Å². The van der Waals surface area contributed by atoms with Crippen molar-refractivity contribution in [1.82, 2.24) is 0 Å². The van der Waals surface area contributed by atoms with Crippen LogP contribution in [0.1, 0.15) is 20.8 Å². The zero-order valence-corrected chi connectivity index (χ0v) is 12.3. The average molecular weight is 304 g/mol. The first-order valence-corrected chi connectivity index (χ1v) is 6.98. The molecule has 1 rings (SSSR count). The van der Waals surface area contributed by atoms with Gasteiger partial charge in [-0.05, 0) is 39.0 Å². The van der Waals surface area contributed by atoms with E-state index in [9.17, 15) is 0 Å². The maximum absolute atomic E-state index is 5.90. The van der Waals surface area contributed by atoms with E-state index >= 15 is 0 Å². The Morgan fingerprint density at radius 2 is 2.06 bits per heavy atom. The number of halogens is 1. The largest absolute Gasteiger partial charge is 0.398 e. The van der Waals surface area contributed by atoms with Gasteiger partial charge in [-0.3, -0.25) is 0 Å². The standard InChI is InChI=1S/C12H18BrNOS/c1-12(2,3)15-6-7-16-11-5-4-9(13)8-10(11)14/h4-5,8H,6-7,14H2,1-3H3. The maximum Gasteiger partial charge on any atom is 0.0598 e. The molecule has 0 atom stereocenters. The fourth-order valence-electron chi connectivity index (χ4n) is 1.15. The van der Waals surface area contributed by atoms with Crippen LogP contribution in [0.4, 0.5) is 5.69 Å². The highest BCUT2D eigenvalue weighted by Gasteiger charge is 2.09. The maximum atomic E-state index is 5.90. The summed E-state index contributed by atoms with van der Waals surface area (Å²) in [5.41, 5.74) is 6.65. The van der Waals surface area contributed by atoms with Gasteiger partial charge in [0.2, 0.25) is 0 Å². The van der Waals surface area contributed by atoms with E-state index < -0.39 is 0 Å². The molecule has 0 saturated carbocycles. The third-order valence-corrected chi connectivity index (χ3v) is 3.39. The van der Waals surface area contributed by atoms with E-state index in [1.54, 1.807) is 11.8 Å². The van der Waals surface area contributed by atoms with Crippen LogP contribution < -0.4 is 5.73 Å². The van der Waals surface area contributed by atoms with Crippen molar-refractivity contribution in [3.8, 4) is 0 Å². The van der Waals surface area contributed by atoms with Crippen LogP contribution in [-0.4, -0.2) is 18.0 Å². The lowest BCUT2D eigenvalue weighted by Crippen LogP contribution is -2.20. The summed E-state index contributed by atoms with van der Waals surface area (Å²) >= 11 is 5.12. The Morgan fingerprint density at radius 3 is 2.62 bits per heavy atom. The lowest BCUT2D eigenvalue weighted by molar-refractivity contribution is 0.00695. The van der Waals surface area contributed by atoms with Crippen molar-refractivity contribution in [3.63, 3.8) is 0 Å². The third kappa shape index (κ3) is 5.23. The first-order chi connectivity index (χ1) is 7.38. The summed E-state index contributed by atoms with van der Waals surface area (Å²) < 4.78 is 6.66. The fraction of sp³-hybridized carbons (Fsp3) is 0.500. The summed E-state index contributed by atoms with van der Waals surface area (Å²) in [5.74, 6) is 0.920. The molecule has 0 spiro atoms. The molecule has 0 aromatic heterocycles. The normalized spacial score (nSPS) is 11.8. The van der Waals surface area contributed by atoms with Gasteiger partial charge in [0.15, 0.2) is 0 Å². The van der Waals surface area contributed by atoms with Gasteiger partial charge in [0.25, 0.3) is 0 Å². The van der Waals surface area contributed by atoms with Gasteiger partial charge in [-0.2, -0.15) is 0 Å². The molecule has 0 aliphatic heterocycles. The molecule has 0 saturated heterocycles. The minimum absolute atomic E-state index is 0.0637. The lowest BCUT2D eigenvalue weighted by atomic mass is 10.2. The highest BCUT2D eigenvalue weighted by Crippen LogP contribution is 2.27. The molecular weight excluding hydrogens is 286 g/mol. The summed E-state index contributed by atoms with van der Waals surface area (Å²) in [5, 5.41) is 0. The van der Waals surface area contributed by atoms with E-state index in [1.165, 1.54) is 0 Å². The monoisotopic (exact) mass is 303 g/mol. The van der Waals surface area contributed by atoms with Crippen molar-refractivity contribution in [2.24, 2.45) is 0 Å². The van der Waals surface area contributed by atoms with Crippen LogP contribution in [0.15, 0.2) is 27.6 Å². The van der Waals surface area contributed by atoms with Gasteiger partial charge in [0.05, 0.1) is 12.2 Å². The molecule has 90 valence electrons. The number of benzene rings is 1. The second-order valence-corrected chi connectivity index (χ2v) is 6.54. The molecule has 0 aliphatic carbocycles. The van der Waals surface area contributed by atoms with Crippen LogP contribution in [-0.2, 0) is 4.74 Å². The van der Waals surface area contributed by atoms with E-state index in [1.807, 2.05) is 18.2 Å². The summed E-state index contributed by atoms with van der Waals surface area (Å²) in [6.07, 6.45) is 0. The lowest BCUT2D eigenvalue weighted by Gasteiger charge is -2.19. The smallest absolute Gasteiger partial charge is 0.0598 e. The second-order valence-electron chi connectivity index (χ2n) is 4.49. The quantitative estimate of drug-likeness (QED) is 0.520. The predicted octanol–water partition coefficient (Wildman–Crippen LogP) is 3.94. The molecule has 2 nitrogen and oxygen atoms in total. The molecule has 4 heteroatoms. The molecule has 0 radical (unpaired) electrons. The number of hydrogen-bond acceptors (Lipinski definition) is 3. The topological polar surface area (TPSA) is 35.2 Å². The number of nitrogen functional groups attached to an aromatic ring is 1. The van der Waals surface area contributed by atoms with Crippen molar-refractivity contribution in [3.05, 3.63) is 22.7 Å². The van der Waals surface area contributed by atoms with Crippen LogP contribution in [0.25, 0.3) is 0 Å². The van der Waals surface area contributed by atoms with Crippen LogP contribution in [0.5, 0.6) is 0 Å². The summed E-state index contributed by atoms with van der Waals surface area (Å²) in [6.45, 7) is 6.92. The third-order valence-electron chi connectivity index (χ3n) is 1.85. The molecule has 2 N–H and O–H groups in total. The van der Waals surface area contributed by atoms with E-state index in [0.717, 1.165) is 27.4 Å². The van der Waals surface area contributed by atoms with Crippen molar-refractivity contribution in [2.75, 3.05) is 18.1 Å². The van der Waals surface area contributed by atoms with Gasteiger partial charge in [0.1, 0.15) is 0 Å². The molecule has 0 aliphatic rings. The molecule has 0 heterocycles. The van der Waals surface area contributed by atoms with E-state index in [-0.39, 0.29) is 5.60 Å². The SMILES string of the molecule is CC(C)(C)OCCSc1ccc(Br)cc1N. The Morgan fingerprint density at radius 1 is 1.38 bits per heavy atom. The minimum atomic E-state index is -0.0637. The molecule has 0 unspecified atom stereocenters. The highest BCUT2D eigenvalue weighted by molar-refractivity contribution is 9.10. The van der Waals surface area contributed by atoms with Gasteiger partial charge in [-0.25, -0.2) is 0 Å². The van der Waals surface area contributed by atoms with Crippen LogP contribution in [0.2, 0.25) is 0 Å². The Balaban J connectivity index is 2.38. The number of nitrogens with two attached hydrogens (primary N) is 1. The Bertz CT molecular complexity index is 349. The van der Waals surface area contributed by atoms with Crippen molar-refractivity contribution < 1.29 is 4.74 Å². The van der Waals surface area contributed by atoms with Gasteiger partial charge in [-0.15, -0.1) is 11.8 Å². The Labute approximate surface area is 110 Å². The Hall–Kier alpha value is -0.190. The first-order valence-electron chi connectivity index (χ1n) is 5.20. The highest BCUT2D eigenvalue weighted by atomic mass is 79.9. The summed E-state index contributed by atoms with van der Waals surface area (Å²) in [7, 11) is 0. The zero-order valence-electron chi connectivity index (χ0n) is 9.92. The molecule has 16 heavy (non-hydrogen) atoms. The van der Waals surface area contributed by atoms with E-state index in [4.69, 9.17) is 10.5 Å².